The summed E-state index contributed by atoms with van der Waals surface area (Å²) in [5.74, 6) is 0.605. The molecule has 0 aliphatic carbocycles. The smallest absolute Gasteiger partial charge is 0.0551 e. The van der Waals surface area contributed by atoms with Gasteiger partial charge in [0.05, 0.1) is 12.7 Å². The Bertz CT molecular complexity index is 377. The summed E-state index contributed by atoms with van der Waals surface area (Å²) in [5.41, 5.74) is 2.74. The fraction of sp³-hybridized carbons (Fsp3) is 0.625. The molecule has 1 aromatic carbocycles. The van der Waals surface area contributed by atoms with Crippen LogP contribution in [0.4, 0.5) is 0 Å². The maximum Gasteiger partial charge on any atom is 0.0551 e. The van der Waals surface area contributed by atoms with Crippen molar-refractivity contribution in [3.63, 3.8) is 0 Å². The highest BCUT2D eigenvalue weighted by Gasteiger charge is 2.30. The molecule has 0 saturated carbocycles. The predicted molar refractivity (Wildman–Crippen MR) is 75.7 cm³/mol. The average Bonchev–Trinajstić information content (AvgIpc) is 2.76. The normalized spacial score (nSPS) is 25.3. The summed E-state index contributed by atoms with van der Waals surface area (Å²) in [4.78, 5) is 0. The first-order valence-electron chi connectivity index (χ1n) is 7.12. The van der Waals surface area contributed by atoms with Crippen molar-refractivity contribution in [2.24, 2.45) is 5.92 Å². The Morgan fingerprint density at radius 3 is 2.89 bits per heavy atom. The van der Waals surface area contributed by atoms with Gasteiger partial charge in [-0.3, -0.25) is 0 Å². The van der Waals surface area contributed by atoms with E-state index in [1.165, 1.54) is 17.5 Å². The van der Waals surface area contributed by atoms with E-state index in [1.54, 1.807) is 0 Å². The highest BCUT2D eigenvalue weighted by atomic mass is 16.5. The second-order valence-electron chi connectivity index (χ2n) is 5.49. The van der Waals surface area contributed by atoms with Crippen molar-refractivity contribution in [1.29, 1.82) is 0 Å². The van der Waals surface area contributed by atoms with Gasteiger partial charge in [0.25, 0.3) is 0 Å². The van der Waals surface area contributed by atoms with E-state index in [-0.39, 0.29) is 0 Å². The molecule has 0 spiro atoms. The number of benzene rings is 1. The zero-order valence-electron chi connectivity index (χ0n) is 11.8. The van der Waals surface area contributed by atoms with Crippen LogP contribution in [0.25, 0.3) is 0 Å². The summed E-state index contributed by atoms with van der Waals surface area (Å²) in [5, 5.41) is 3.70. The maximum absolute atomic E-state index is 5.74. The Morgan fingerprint density at radius 1 is 1.44 bits per heavy atom. The zero-order chi connectivity index (χ0) is 13.0. The second-order valence-corrected chi connectivity index (χ2v) is 5.49. The lowest BCUT2D eigenvalue weighted by atomic mass is 9.90. The zero-order valence-corrected chi connectivity index (χ0v) is 11.8. The van der Waals surface area contributed by atoms with E-state index in [9.17, 15) is 0 Å². The predicted octanol–water partition coefficient (Wildman–Crippen LogP) is 3.46. The van der Waals surface area contributed by atoms with Gasteiger partial charge in [0, 0.05) is 12.0 Å². The minimum atomic E-state index is 0.408. The first kappa shape index (κ1) is 13.6. The average molecular weight is 247 g/mol. The number of hydrogen-bond donors (Lipinski definition) is 1. The molecule has 18 heavy (non-hydrogen) atoms. The molecule has 0 bridgehead atoms. The van der Waals surface area contributed by atoms with Gasteiger partial charge in [-0.2, -0.15) is 0 Å². The number of hydrogen-bond acceptors (Lipinski definition) is 2. The Hall–Kier alpha value is -0.860. The summed E-state index contributed by atoms with van der Waals surface area (Å²) in [7, 11) is 0. The van der Waals surface area contributed by atoms with Crippen LogP contribution in [0, 0.1) is 12.8 Å². The van der Waals surface area contributed by atoms with Crippen LogP contribution in [-0.4, -0.2) is 19.3 Å². The van der Waals surface area contributed by atoms with Gasteiger partial charge in [-0.15, -0.1) is 0 Å². The molecule has 2 nitrogen and oxygen atoms in total. The van der Waals surface area contributed by atoms with E-state index in [0.717, 1.165) is 19.6 Å². The molecule has 1 N–H and O–H groups in total. The summed E-state index contributed by atoms with van der Waals surface area (Å²) < 4.78 is 5.74. The summed E-state index contributed by atoms with van der Waals surface area (Å²) in [6.45, 7) is 8.51. The summed E-state index contributed by atoms with van der Waals surface area (Å²) in [6.07, 6.45) is 2.74. The Balaban J connectivity index is 2.14. The van der Waals surface area contributed by atoms with Crippen LogP contribution in [-0.2, 0) is 4.74 Å². The molecule has 3 atom stereocenters. The molecule has 1 heterocycles. The number of aryl methyl sites for hydroxylation is 1. The van der Waals surface area contributed by atoms with Crippen molar-refractivity contribution >= 4 is 0 Å². The molecule has 3 unspecified atom stereocenters. The SMILES string of the molecule is CCCNC(c1cccc(C)c1)C1COC(C)C1. The lowest BCUT2D eigenvalue weighted by molar-refractivity contribution is 0.117. The molecule has 1 saturated heterocycles. The van der Waals surface area contributed by atoms with Crippen LogP contribution >= 0.6 is 0 Å². The van der Waals surface area contributed by atoms with E-state index < -0.39 is 0 Å². The highest BCUT2D eigenvalue weighted by molar-refractivity contribution is 5.26. The van der Waals surface area contributed by atoms with Gasteiger partial charge in [-0.25, -0.2) is 0 Å². The standard InChI is InChI=1S/C16H25NO/c1-4-8-17-16(15-10-13(3)18-11-15)14-7-5-6-12(2)9-14/h5-7,9,13,15-17H,4,8,10-11H2,1-3H3. The third kappa shape index (κ3) is 3.33. The van der Waals surface area contributed by atoms with Crippen molar-refractivity contribution in [2.45, 2.75) is 45.8 Å². The quantitative estimate of drug-likeness (QED) is 0.860. The minimum Gasteiger partial charge on any atom is -0.378 e. The Labute approximate surface area is 111 Å². The van der Waals surface area contributed by atoms with Crippen molar-refractivity contribution < 1.29 is 4.74 Å². The van der Waals surface area contributed by atoms with Crippen LogP contribution in [0.15, 0.2) is 24.3 Å². The van der Waals surface area contributed by atoms with Gasteiger partial charge >= 0.3 is 0 Å². The molecular weight excluding hydrogens is 222 g/mol. The molecule has 2 heteroatoms. The van der Waals surface area contributed by atoms with Crippen LogP contribution in [0.2, 0.25) is 0 Å². The topological polar surface area (TPSA) is 21.3 Å². The second kappa shape index (κ2) is 6.35. The van der Waals surface area contributed by atoms with Crippen LogP contribution in [0.3, 0.4) is 0 Å². The number of nitrogens with one attached hydrogen (secondary N) is 1. The molecule has 1 aromatic rings. The molecule has 0 radical (unpaired) electrons. The fourth-order valence-electron chi connectivity index (χ4n) is 2.80. The Morgan fingerprint density at radius 2 is 2.28 bits per heavy atom. The largest absolute Gasteiger partial charge is 0.378 e. The number of ether oxygens (including phenoxy) is 1. The molecule has 1 fully saturated rings. The van der Waals surface area contributed by atoms with Gasteiger partial charge in [0.1, 0.15) is 0 Å². The monoisotopic (exact) mass is 247 g/mol. The minimum absolute atomic E-state index is 0.408. The molecule has 0 amide bonds. The number of rotatable bonds is 5. The lowest BCUT2D eigenvalue weighted by Gasteiger charge is -2.24. The molecule has 100 valence electrons. The van der Waals surface area contributed by atoms with Crippen molar-refractivity contribution in [2.75, 3.05) is 13.2 Å². The maximum atomic E-state index is 5.74. The first-order chi connectivity index (χ1) is 8.70. The van der Waals surface area contributed by atoms with E-state index in [2.05, 4.69) is 50.4 Å². The van der Waals surface area contributed by atoms with E-state index in [4.69, 9.17) is 4.74 Å². The fourth-order valence-corrected chi connectivity index (χ4v) is 2.80. The van der Waals surface area contributed by atoms with Gasteiger partial charge in [-0.1, -0.05) is 36.8 Å². The van der Waals surface area contributed by atoms with E-state index in [0.29, 0.717) is 18.1 Å². The van der Waals surface area contributed by atoms with Gasteiger partial charge in [-0.05, 0) is 38.8 Å². The van der Waals surface area contributed by atoms with Gasteiger partial charge in [0.2, 0.25) is 0 Å². The Kier molecular flexibility index (Phi) is 4.79. The van der Waals surface area contributed by atoms with E-state index in [1.807, 2.05) is 0 Å². The van der Waals surface area contributed by atoms with Crippen LogP contribution < -0.4 is 5.32 Å². The molecular formula is C16H25NO. The van der Waals surface area contributed by atoms with Crippen molar-refractivity contribution in [3.05, 3.63) is 35.4 Å². The lowest BCUT2D eigenvalue weighted by Crippen LogP contribution is -2.29. The highest BCUT2D eigenvalue weighted by Crippen LogP contribution is 2.32. The van der Waals surface area contributed by atoms with Crippen molar-refractivity contribution in [3.8, 4) is 0 Å². The third-order valence-electron chi connectivity index (χ3n) is 3.72. The summed E-state index contributed by atoms with van der Waals surface area (Å²) in [6, 6.07) is 9.30. The molecule has 2 rings (SSSR count). The first-order valence-corrected chi connectivity index (χ1v) is 7.12. The molecule has 0 aromatic heterocycles. The van der Waals surface area contributed by atoms with Gasteiger partial charge < -0.3 is 10.1 Å². The van der Waals surface area contributed by atoms with Crippen LogP contribution in [0.5, 0.6) is 0 Å². The van der Waals surface area contributed by atoms with Crippen molar-refractivity contribution in [1.82, 2.24) is 5.32 Å². The van der Waals surface area contributed by atoms with Gasteiger partial charge in [0.15, 0.2) is 0 Å². The summed E-state index contributed by atoms with van der Waals surface area (Å²) >= 11 is 0. The molecule has 1 aliphatic heterocycles. The van der Waals surface area contributed by atoms with E-state index >= 15 is 0 Å². The third-order valence-corrected chi connectivity index (χ3v) is 3.72. The molecule has 1 aliphatic rings. The van der Waals surface area contributed by atoms with Crippen LogP contribution in [0.1, 0.15) is 43.9 Å².